The van der Waals surface area contributed by atoms with Crippen LogP contribution in [-0.4, -0.2) is 41.4 Å². The highest BCUT2D eigenvalue weighted by molar-refractivity contribution is 7.99. The number of aromatic nitrogens is 1. The Bertz CT molecular complexity index is 971. The lowest BCUT2D eigenvalue weighted by Gasteiger charge is -2.19. The Hall–Kier alpha value is -2.25. The van der Waals surface area contributed by atoms with Gasteiger partial charge in [0.1, 0.15) is 0 Å². The molecule has 7 heteroatoms. The van der Waals surface area contributed by atoms with Crippen molar-refractivity contribution in [3.05, 3.63) is 53.0 Å². The van der Waals surface area contributed by atoms with E-state index in [-0.39, 0.29) is 5.91 Å². The Balaban J connectivity index is 1.31. The maximum Gasteiger partial charge on any atom is 0.282 e. The van der Waals surface area contributed by atoms with E-state index >= 15 is 0 Å². The Kier molecular flexibility index (Phi) is 4.41. The molecule has 1 fully saturated rings. The Labute approximate surface area is 165 Å². The number of thiazole rings is 1. The second-order valence-corrected chi connectivity index (χ2v) is 8.88. The summed E-state index contributed by atoms with van der Waals surface area (Å²) in [4.78, 5) is 19.4. The summed E-state index contributed by atoms with van der Waals surface area (Å²) in [6.45, 7) is 1.78. The fourth-order valence-corrected chi connectivity index (χ4v) is 5.61. The lowest BCUT2D eigenvalue weighted by molar-refractivity contribution is 0.0766. The average Bonchev–Trinajstić information content (AvgIpc) is 3.27. The highest BCUT2D eigenvalue weighted by atomic mass is 32.2. The zero-order valence-corrected chi connectivity index (χ0v) is 16.2. The summed E-state index contributed by atoms with van der Waals surface area (Å²) in [7, 11) is 0. The van der Waals surface area contributed by atoms with Crippen LogP contribution in [0.5, 0.6) is 11.5 Å². The van der Waals surface area contributed by atoms with Crippen molar-refractivity contribution in [2.24, 2.45) is 0 Å². The maximum atomic E-state index is 12.9. The van der Waals surface area contributed by atoms with E-state index in [1.807, 2.05) is 47.0 Å². The topological polar surface area (TPSA) is 51.7 Å². The van der Waals surface area contributed by atoms with Gasteiger partial charge in [-0.1, -0.05) is 18.2 Å². The van der Waals surface area contributed by atoms with Crippen LogP contribution in [0.15, 0.2) is 42.5 Å². The summed E-state index contributed by atoms with van der Waals surface area (Å²) in [6, 6.07) is 14.1. The zero-order valence-electron chi connectivity index (χ0n) is 14.6. The van der Waals surface area contributed by atoms with Gasteiger partial charge in [0, 0.05) is 24.1 Å². The van der Waals surface area contributed by atoms with E-state index in [1.165, 1.54) is 16.9 Å². The van der Waals surface area contributed by atoms with E-state index in [2.05, 4.69) is 17.1 Å². The standard InChI is InChI=1S/C20H18N2O3S2/c23-20(19-21-14-3-1-2-4-18(14)27-19)22-8-7-17(26-10-9-22)13-5-6-15-16(11-13)25-12-24-15/h1-6,11,17H,7-10,12H2/t17-/m1/s1. The van der Waals surface area contributed by atoms with Crippen molar-refractivity contribution in [3.63, 3.8) is 0 Å². The fraction of sp³-hybridized carbons (Fsp3) is 0.300. The van der Waals surface area contributed by atoms with Crippen molar-refractivity contribution < 1.29 is 14.3 Å². The molecule has 1 atom stereocenters. The van der Waals surface area contributed by atoms with Gasteiger partial charge in [0.25, 0.3) is 5.91 Å². The fourth-order valence-electron chi connectivity index (χ4n) is 3.45. The minimum absolute atomic E-state index is 0.0446. The van der Waals surface area contributed by atoms with Gasteiger partial charge in [-0.25, -0.2) is 4.98 Å². The molecule has 0 unspecified atom stereocenters. The molecule has 27 heavy (non-hydrogen) atoms. The van der Waals surface area contributed by atoms with E-state index in [0.717, 1.165) is 47.0 Å². The first kappa shape index (κ1) is 16.9. The van der Waals surface area contributed by atoms with Crippen molar-refractivity contribution in [3.8, 4) is 11.5 Å². The largest absolute Gasteiger partial charge is 0.454 e. The van der Waals surface area contributed by atoms with Crippen LogP contribution in [0.3, 0.4) is 0 Å². The molecule has 5 nitrogen and oxygen atoms in total. The molecule has 0 N–H and O–H groups in total. The van der Waals surface area contributed by atoms with Gasteiger partial charge in [-0.3, -0.25) is 4.79 Å². The number of para-hydroxylation sites is 1. The van der Waals surface area contributed by atoms with Crippen molar-refractivity contribution in [2.75, 3.05) is 25.6 Å². The van der Waals surface area contributed by atoms with Crippen LogP contribution in [0.25, 0.3) is 10.2 Å². The van der Waals surface area contributed by atoms with Gasteiger partial charge in [0.05, 0.1) is 10.2 Å². The number of benzene rings is 2. The number of carbonyl (C=O) groups excluding carboxylic acids is 1. The number of ether oxygens (including phenoxy) is 2. The van der Waals surface area contributed by atoms with Gasteiger partial charge in [0.2, 0.25) is 6.79 Å². The third-order valence-electron chi connectivity index (χ3n) is 4.87. The average molecular weight is 399 g/mol. The van der Waals surface area contributed by atoms with Crippen LogP contribution in [0.2, 0.25) is 0 Å². The van der Waals surface area contributed by atoms with E-state index in [9.17, 15) is 4.79 Å². The van der Waals surface area contributed by atoms with Crippen LogP contribution in [-0.2, 0) is 0 Å². The van der Waals surface area contributed by atoms with Crippen LogP contribution >= 0.6 is 23.1 Å². The number of carbonyl (C=O) groups is 1. The molecule has 0 saturated carbocycles. The van der Waals surface area contributed by atoms with Crippen molar-refractivity contribution in [1.29, 1.82) is 0 Å². The van der Waals surface area contributed by atoms with Crippen molar-refractivity contribution in [1.82, 2.24) is 9.88 Å². The van der Waals surface area contributed by atoms with Gasteiger partial charge in [0.15, 0.2) is 16.5 Å². The minimum Gasteiger partial charge on any atom is -0.454 e. The first-order chi connectivity index (χ1) is 13.3. The normalized spacial score (nSPS) is 19.3. The zero-order chi connectivity index (χ0) is 18.2. The Morgan fingerprint density at radius 1 is 1.11 bits per heavy atom. The first-order valence-corrected chi connectivity index (χ1v) is 10.8. The van der Waals surface area contributed by atoms with Gasteiger partial charge >= 0.3 is 0 Å². The smallest absolute Gasteiger partial charge is 0.282 e. The summed E-state index contributed by atoms with van der Waals surface area (Å²) < 4.78 is 12.0. The molecule has 5 rings (SSSR count). The number of thioether (sulfide) groups is 1. The predicted molar refractivity (Wildman–Crippen MR) is 108 cm³/mol. The van der Waals surface area contributed by atoms with Crippen LogP contribution < -0.4 is 9.47 Å². The number of amides is 1. The summed E-state index contributed by atoms with van der Waals surface area (Å²) >= 11 is 3.37. The van der Waals surface area contributed by atoms with Gasteiger partial charge < -0.3 is 14.4 Å². The Morgan fingerprint density at radius 3 is 2.93 bits per heavy atom. The monoisotopic (exact) mass is 398 g/mol. The summed E-state index contributed by atoms with van der Waals surface area (Å²) in [5.74, 6) is 2.59. The maximum absolute atomic E-state index is 12.9. The van der Waals surface area contributed by atoms with Crippen LogP contribution in [0.1, 0.15) is 27.0 Å². The lowest BCUT2D eigenvalue weighted by Crippen LogP contribution is -2.32. The predicted octanol–water partition coefficient (Wildman–Crippen LogP) is 4.35. The lowest BCUT2D eigenvalue weighted by atomic mass is 10.1. The van der Waals surface area contributed by atoms with E-state index < -0.39 is 0 Å². The molecule has 0 spiro atoms. The molecular formula is C20H18N2O3S2. The third-order valence-corrected chi connectivity index (χ3v) is 7.23. The highest BCUT2D eigenvalue weighted by Gasteiger charge is 2.26. The number of fused-ring (bicyclic) bond motifs is 2. The summed E-state index contributed by atoms with van der Waals surface area (Å²) in [6.07, 6.45) is 0.918. The number of nitrogens with zero attached hydrogens (tertiary/aromatic N) is 2. The third kappa shape index (κ3) is 3.26. The number of hydrogen-bond acceptors (Lipinski definition) is 6. The second-order valence-electron chi connectivity index (χ2n) is 6.54. The molecule has 2 aromatic carbocycles. The molecule has 2 aliphatic rings. The molecule has 1 saturated heterocycles. The molecular weight excluding hydrogens is 380 g/mol. The Morgan fingerprint density at radius 2 is 2.00 bits per heavy atom. The van der Waals surface area contributed by atoms with Gasteiger partial charge in [-0.15, -0.1) is 11.3 Å². The van der Waals surface area contributed by atoms with Crippen LogP contribution in [0.4, 0.5) is 0 Å². The van der Waals surface area contributed by atoms with Gasteiger partial charge in [-0.05, 0) is 36.2 Å². The number of rotatable bonds is 2. The number of hydrogen-bond donors (Lipinski definition) is 0. The molecule has 3 aromatic rings. The van der Waals surface area contributed by atoms with Gasteiger partial charge in [-0.2, -0.15) is 11.8 Å². The molecule has 1 aromatic heterocycles. The highest BCUT2D eigenvalue weighted by Crippen LogP contribution is 2.40. The molecule has 3 heterocycles. The SMILES string of the molecule is O=C(c1nc2ccccc2s1)N1CCS[C@@H](c2ccc3c(c2)OCO3)CC1. The van der Waals surface area contributed by atoms with E-state index in [4.69, 9.17) is 9.47 Å². The summed E-state index contributed by atoms with van der Waals surface area (Å²) in [5.41, 5.74) is 2.13. The molecule has 0 bridgehead atoms. The second kappa shape index (κ2) is 7.05. The molecule has 138 valence electrons. The molecule has 1 amide bonds. The van der Waals surface area contributed by atoms with E-state index in [1.54, 1.807) is 0 Å². The van der Waals surface area contributed by atoms with Crippen molar-refractivity contribution in [2.45, 2.75) is 11.7 Å². The van der Waals surface area contributed by atoms with Crippen LogP contribution in [0, 0.1) is 0 Å². The minimum atomic E-state index is 0.0446. The molecule has 2 aliphatic heterocycles. The molecule has 0 aliphatic carbocycles. The summed E-state index contributed by atoms with van der Waals surface area (Å²) in [5, 5.41) is 0.940. The first-order valence-electron chi connectivity index (χ1n) is 8.94. The molecule has 0 radical (unpaired) electrons. The quantitative estimate of drug-likeness (QED) is 0.643. The van der Waals surface area contributed by atoms with Crippen molar-refractivity contribution >= 4 is 39.2 Å². The van der Waals surface area contributed by atoms with E-state index in [0.29, 0.717) is 17.1 Å².